The van der Waals surface area contributed by atoms with Gasteiger partial charge in [0.05, 0.1) is 23.6 Å². The molecule has 2 unspecified atom stereocenters. The summed E-state index contributed by atoms with van der Waals surface area (Å²) >= 11 is 6.59. The van der Waals surface area contributed by atoms with Gasteiger partial charge in [-0.3, -0.25) is 24.1 Å². The zero-order chi connectivity index (χ0) is 24.8. The number of benzene rings is 1. The minimum absolute atomic E-state index is 0.0209. The largest absolute Gasteiger partial charge is 0.508 e. The molecule has 33 heavy (non-hydrogen) atoms. The summed E-state index contributed by atoms with van der Waals surface area (Å²) in [6, 6.07) is 2.58. The van der Waals surface area contributed by atoms with E-state index < -0.39 is 74.8 Å². The van der Waals surface area contributed by atoms with E-state index in [0.29, 0.717) is 0 Å². The Bertz CT molecular complexity index is 1210. The van der Waals surface area contributed by atoms with E-state index in [1.807, 2.05) is 0 Å². The zero-order valence-corrected chi connectivity index (χ0v) is 18.3. The summed E-state index contributed by atoms with van der Waals surface area (Å²) in [6.45, 7) is 3.87. The number of aliphatic hydroxyl groups is 3. The van der Waals surface area contributed by atoms with Crippen LogP contribution in [-0.2, 0) is 14.4 Å². The van der Waals surface area contributed by atoms with Gasteiger partial charge in [0, 0.05) is 5.92 Å². The Kier molecular flexibility index (Phi) is 4.89. The summed E-state index contributed by atoms with van der Waals surface area (Å²) in [5.74, 6) is -10.1. The van der Waals surface area contributed by atoms with Crippen LogP contribution >= 0.6 is 11.6 Å². The first-order valence-electron chi connectivity index (χ1n) is 9.88. The van der Waals surface area contributed by atoms with Crippen LogP contribution in [0.3, 0.4) is 0 Å². The molecule has 0 saturated heterocycles. The number of halogens is 1. The fraction of sp³-hybridized carbons (Fsp3) is 0.364. The van der Waals surface area contributed by atoms with E-state index in [1.54, 1.807) is 0 Å². The lowest BCUT2D eigenvalue weighted by molar-refractivity contribution is -0.176. The molecule has 174 valence electrons. The lowest BCUT2D eigenvalue weighted by Gasteiger charge is -2.56. The average molecular weight is 477 g/mol. The molecule has 1 aromatic rings. The van der Waals surface area contributed by atoms with Gasteiger partial charge in [0.1, 0.15) is 17.1 Å². The number of hydrogen-bond acceptors (Lipinski definition) is 9. The predicted octanol–water partition coefficient (Wildman–Crippen LogP) is -0.703. The topological polar surface area (TPSA) is 178 Å². The van der Waals surface area contributed by atoms with E-state index in [1.165, 1.54) is 37.2 Å². The van der Waals surface area contributed by atoms with Crippen LogP contribution in [0.2, 0.25) is 0 Å². The molecule has 0 aliphatic heterocycles. The summed E-state index contributed by atoms with van der Waals surface area (Å²) in [6.07, 6.45) is -1.86. The monoisotopic (exact) mass is 476 g/mol. The molecule has 1 amide bonds. The molecule has 1 saturated carbocycles. The Morgan fingerprint density at radius 1 is 1.21 bits per heavy atom. The van der Waals surface area contributed by atoms with Gasteiger partial charge in [0.2, 0.25) is 5.78 Å². The van der Waals surface area contributed by atoms with Crippen molar-refractivity contribution in [3.8, 4) is 5.75 Å². The Morgan fingerprint density at radius 2 is 1.82 bits per heavy atom. The first kappa shape index (κ1) is 23.1. The number of aromatic hydroxyl groups is 1. The molecule has 1 aromatic carbocycles. The van der Waals surface area contributed by atoms with Crippen LogP contribution in [0.4, 0.5) is 0 Å². The van der Waals surface area contributed by atoms with Crippen LogP contribution < -0.4 is 5.73 Å². The van der Waals surface area contributed by atoms with E-state index in [9.17, 15) is 39.6 Å². The summed E-state index contributed by atoms with van der Waals surface area (Å²) in [5, 5.41) is 44.0. The van der Waals surface area contributed by atoms with E-state index in [-0.39, 0.29) is 16.7 Å². The number of carbonyl (C=O) groups excluding carboxylic acids is 4. The third kappa shape index (κ3) is 2.54. The maximum atomic E-state index is 13.8. The maximum absolute atomic E-state index is 13.8. The number of alkyl halides is 1. The first-order valence-corrected chi connectivity index (χ1v) is 10.3. The molecule has 3 aliphatic carbocycles. The third-order valence-electron chi connectivity index (χ3n) is 6.87. The second-order valence-electron chi connectivity index (χ2n) is 8.72. The highest BCUT2D eigenvalue weighted by atomic mass is 35.5. The number of nitrogens with zero attached hydrogens (tertiary/aromatic N) is 1. The van der Waals surface area contributed by atoms with Crippen molar-refractivity contribution in [3.63, 3.8) is 0 Å². The van der Waals surface area contributed by atoms with Gasteiger partial charge in [-0.2, -0.15) is 0 Å². The van der Waals surface area contributed by atoms with Gasteiger partial charge in [0.15, 0.2) is 22.0 Å². The van der Waals surface area contributed by atoms with Crippen LogP contribution in [0.1, 0.15) is 15.9 Å². The van der Waals surface area contributed by atoms with Crippen molar-refractivity contribution in [1.82, 2.24) is 4.90 Å². The zero-order valence-electron chi connectivity index (χ0n) is 17.6. The predicted molar refractivity (Wildman–Crippen MR) is 114 cm³/mol. The smallest absolute Gasteiger partial charge is 0.255 e. The fourth-order valence-electron chi connectivity index (χ4n) is 5.44. The molecule has 6 atom stereocenters. The third-order valence-corrected chi connectivity index (χ3v) is 7.45. The second-order valence-corrected chi connectivity index (χ2v) is 9.31. The molecule has 0 aromatic heterocycles. The molecule has 0 spiro atoms. The fourth-order valence-corrected chi connectivity index (χ4v) is 5.94. The van der Waals surface area contributed by atoms with E-state index in [0.717, 1.165) is 0 Å². The van der Waals surface area contributed by atoms with Crippen LogP contribution in [0.15, 0.2) is 36.1 Å². The van der Waals surface area contributed by atoms with Crippen molar-refractivity contribution >= 4 is 40.4 Å². The summed E-state index contributed by atoms with van der Waals surface area (Å²) < 4.78 is 0. The molecule has 0 heterocycles. The van der Waals surface area contributed by atoms with Gasteiger partial charge < -0.3 is 26.2 Å². The van der Waals surface area contributed by atoms with Crippen LogP contribution in [0, 0.1) is 11.8 Å². The van der Waals surface area contributed by atoms with Crippen LogP contribution in [-0.4, -0.2) is 85.3 Å². The number of hydrogen-bond donors (Lipinski definition) is 5. The summed E-state index contributed by atoms with van der Waals surface area (Å²) in [4.78, 5) is 50.8. The van der Waals surface area contributed by atoms with Gasteiger partial charge in [-0.05, 0) is 31.3 Å². The number of phenols is 1. The van der Waals surface area contributed by atoms with E-state index in [4.69, 9.17) is 17.3 Å². The number of fused-ring (bicyclic) bond motifs is 3. The SMILES string of the molecule is C=C1c2cccc(O)c2C(=O)C2(Cl)C(=O)[C@]3(O)C(O)=C(C(N)=O)C(=O)[C@@H](N(C)C)[C@@H]3C(O)[C@H]12. The summed E-state index contributed by atoms with van der Waals surface area (Å²) in [5.41, 5.74) is 0.919. The Labute approximate surface area is 192 Å². The quantitative estimate of drug-likeness (QED) is 0.209. The maximum Gasteiger partial charge on any atom is 0.255 e. The second kappa shape index (κ2) is 6.97. The van der Waals surface area contributed by atoms with Gasteiger partial charge in [-0.1, -0.05) is 18.7 Å². The lowest BCUT2D eigenvalue weighted by Crippen LogP contribution is -2.77. The van der Waals surface area contributed by atoms with Crippen molar-refractivity contribution < 1.29 is 39.6 Å². The van der Waals surface area contributed by atoms with Gasteiger partial charge in [0.25, 0.3) is 5.91 Å². The molecular weight excluding hydrogens is 456 g/mol. The number of phenolic OH excluding ortho intramolecular Hbond substituents is 1. The van der Waals surface area contributed by atoms with Crippen molar-refractivity contribution in [2.24, 2.45) is 17.6 Å². The molecule has 0 bridgehead atoms. The van der Waals surface area contributed by atoms with Crippen molar-refractivity contribution in [1.29, 1.82) is 0 Å². The van der Waals surface area contributed by atoms with Crippen molar-refractivity contribution in [2.45, 2.75) is 22.6 Å². The molecular formula is C22H21ClN2O8. The number of carbonyl (C=O) groups is 4. The standard InChI is InChI=1S/C22H21ClN2O8/c1-7-8-5-4-6-9(26)10(8)17(29)21(23)12(7)16(28)13-14(25(2)3)15(27)11(19(24)31)18(30)22(13,33)20(21)32/h4-6,12-14,16,26,28,30,33H,1H2,2-3H3,(H2,24,31)/t12-,13+,14-,16?,21?,22+/m0/s1. The number of primary amides is 1. The number of rotatable bonds is 2. The highest BCUT2D eigenvalue weighted by Gasteiger charge is 2.75. The minimum Gasteiger partial charge on any atom is -0.508 e. The average Bonchev–Trinajstić information content (AvgIpc) is 2.72. The Hall–Kier alpha value is -3.05. The molecule has 6 N–H and O–H groups in total. The number of Topliss-reactive ketones (excluding diaryl/α,β-unsaturated/α-hetero) is 3. The Balaban J connectivity index is 2.08. The Morgan fingerprint density at radius 3 is 2.36 bits per heavy atom. The molecule has 3 aliphatic rings. The van der Waals surface area contributed by atoms with E-state index in [2.05, 4.69) is 6.58 Å². The van der Waals surface area contributed by atoms with Gasteiger partial charge in [-0.25, -0.2) is 0 Å². The molecule has 11 heteroatoms. The highest BCUT2D eigenvalue weighted by Crippen LogP contribution is 2.58. The summed E-state index contributed by atoms with van der Waals surface area (Å²) in [7, 11) is 2.80. The number of amides is 1. The van der Waals surface area contributed by atoms with Crippen molar-refractivity contribution in [2.75, 3.05) is 14.1 Å². The van der Waals surface area contributed by atoms with Crippen LogP contribution in [0.5, 0.6) is 5.75 Å². The normalized spacial score (nSPS) is 35.9. The minimum atomic E-state index is -3.11. The molecule has 0 radical (unpaired) electrons. The van der Waals surface area contributed by atoms with E-state index >= 15 is 0 Å². The van der Waals surface area contributed by atoms with Crippen molar-refractivity contribution in [3.05, 3.63) is 47.2 Å². The number of ketones is 3. The van der Waals surface area contributed by atoms with Gasteiger partial charge >= 0.3 is 0 Å². The number of nitrogens with two attached hydrogens (primary N) is 1. The molecule has 1 fully saturated rings. The number of likely N-dealkylation sites (N-methyl/N-ethyl adjacent to an activating group) is 1. The van der Waals surface area contributed by atoms with Gasteiger partial charge in [-0.15, -0.1) is 11.6 Å². The van der Waals surface area contributed by atoms with Crippen LogP contribution in [0.25, 0.3) is 5.57 Å². The first-order chi connectivity index (χ1) is 15.2. The lowest BCUT2D eigenvalue weighted by atomic mass is 9.52. The molecule has 10 nitrogen and oxygen atoms in total. The highest BCUT2D eigenvalue weighted by molar-refractivity contribution is 6.53. The number of aliphatic hydroxyl groups excluding tert-OH is 2. The molecule has 4 rings (SSSR count).